The number of ketones is 2. The second-order valence-electron chi connectivity index (χ2n) is 56.3. The molecule has 9 unspecified atom stereocenters. The molecule has 9 atom stereocenters. The number of piperazine rings is 3. The van der Waals surface area contributed by atoms with Crippen LogP contribution in [0.2, 0.25) is 0 Å². The van der Waals surface area contributed by atoms with E-state index in [1.165, 1.54) is 22.3 Å². The molecule has 3 saturated heterocycles. The number of rotatable bonds is 23. The molecule has 0 spiro atoms. The van der Waals surface area contributed by atoms with Crippen LogP contribution in [0.1, 0.15) is 337 Å². The van der Waals surface area contributed by atoms with Crippen molar-refractivity contribution in [2.75, 3.05) is 107 Å². The predicted molar refractivity (Wildman–Crippen MR) is 616 cm³/mol. The van der Waals surface area contributed by atoms with Gasteiger partial charge in [0, 0.05) is 141 Å². The number of aliphatic carboxylic acids is 2. The summed E-state index contributed by atoms with van der Waals surface area (Å²) < 4.78 is 0. The van der Waals surface area contributed by atoms with Crippen LogP contribution in [0.5, 0.6) is 0 Å². The van der Waals surface area contributed by atoms with Gasteiger partial charge in [0.2, 0.25) is 29.5 Å². The molecular weight excluding hydrogens is 1810 g/mol. The highest BCUT2D eigenvalue weighted by atomic mass is 16.4. The summed E-state index contributed by atoms with van der Waals surface area (Å²) in [5, 5.41) is 27.6. The second-order valence-corrected chi connectivity index (χ2v) is 56.3. The average Bonchev–Trinajstić information content (AvgIpc) is 0.749. The van der Waals surface area contributed by atoms with E-state index in [0.717, 1.165) is 135 Å². The van der Waals surface area contributed by atoms with Gasteiger partial charge in [-0.1, -0.05) is 422 Å². The quantitative estimate of drug-likeness (QED) is 0.0408. The van der Waals surface area contributed by atoms with E-state index in [4.69, 9.17) is 5.11 Å². The van der Waals surface area contributed by atoms with Crippen LogP contribution in [0.25, 0.3) is 0 Å². The van der Waals surface area contributed by atoms with Gasteiger partial charge in [0.1, 0.15) is 11.6 Å². The molecule has 0 bridgehead atoms. The molecule has 8 rings (SSSR count). The van der Waals surface area contributed by atoms with Crippen LogP contribution in [0.3, 0.4) is 0 Å². The van der Waals surface area contributed by atoms with Crippen molar-refractivity contribution in [3.8, 4) is 0 Å². The summed E-state index contributed by atoms with van der Waals surface area (Å²) in [6.07, 6.45) is 7.50. The van der Waals surface area contributed by atoms with Crippen molar-refractivity contribution < 1.29 is 53.4 Å². The number of hydrogen-bond acceptors (Lipinski definition) is 12. The number of carbonyl (C=O) groups excluding carboxylic acids is 7. The van der Waals surface area contributed by atoms with Gasteiger partial charge >= 0.3 is 11.9 Å². The Morgan fingerprint density at radius 2 is 0.479 bits per heavy atom. The number of carbonyl (C=O) groups is 9. The summed E-state index contributed by atoms with van der Waals surface area (Å²) in [7, 11) is 7.47. The highest BCUT2D eigenvalue weighted by Crippen LogP contribution is 2.43. The molecule has 5 N–H and O–H groups in total. The molecule has 0 aromatic heterocycles. The molecule has 3 aliphatic rings. The van der Waals surface area contributed by atoms with Crippen LogP contribution >= 0.6 is 0 Å². The lowest BCUT2D eigenvalue weighted by Crippen LogP contribution is -2.51. The smallest absolute Gasteiger partial charge is 0.307 e. The van der Waals surface area contributed by atoms with E-state index in [2.05, 4.69) is 322 Å². The molecular formula is C127H216N8O11. The normalized spacial score (nSPS) is 16.1. The van der Waals surface area contributed by atoms with E-state index < -0.39 is 11.9 Å². The fourth-order valence-corrected chi connectivity index (χ4v) is 18.1. The Morgan fingerprint density at radius 1 is 0.281 bits per heavy atom. The lowest BCUT2D eigenvalue weighted by Gasteiger charge is -2.39. The molecule has 5 amide bonds. The first-order valence-electron chi connectivity index (χ1n) is 54.3. The number of benzene rings is 5. The molecule has 0 radical (unpaired) electrons. The zero-order valence-electron chi connectivity index (χ0n) is 101. The number of amides is 5. The summed E-state index contributed by atoms with van der Waals surface area (Å²) in [5.74, 6) is 0.590. The van der Waals surface area contributed by atoms with E-state index in [-0.39, 0.29) is 135 Å². The van der Waals surface area contributed by atoms with Gasteiger partial charge in [0.05, 0.1) is 11.8 Å². The topological polar surface area (TPSA) is 246 Å². The van der Waals surface area contributed by atoms with Crippen LogP contribution in [0, 0.1) is 124 Å². The molecule has 5 aromatic rings. The number of hydrogen-bond donors (Lipinski definition) is 5. The molecule has 0 aliphatic carbocycles. The maximum Gasteiger partial charge on any atom is 0.307 e. The number of Topliss-reactive ketones (excluding diaryl/α,β-unsaturated/α-hetero) is 2. The summed E-state index contributed by atoms with van der Waals surface area (Å²) >= 11 is 0. The summed E-state index contributed by atoms with van der Waals surface area (Å²) in [6.45, 7) is 97.2. The first-order valence-corrected chi connectivity index (χ1v) is 54.3. The first-order chi connectivity index (χ1) is 66.3. The summed E-state index contributed by atoms with van der Waals surface area (Å²) in [6, 6.07) is 50.9. The molecule has 146 heavy (non-hydrogen) atoms. The van der Waals surface area contributed by atoms with E-state index in [9.17, 15) is 48.3 Å². The van der Waals surface area contributed by atoms with Gasteiger partial charge < -0.3 is 50.7 Å². The Hall–Kier alpha value is -8.39. The lowest BCUT2D eigenvalue weighted by atomic mass is 9.70. The predicted octanol–water partition coefficient (Wildman–Crippen LogP) is 26.6. The third-order valence-electron chi connectivity index (χ3n) is 27.5. The Bertz CT molecular complexity index is 4450. The maximum absolute atomic E-state index is 13.0. The number of nitrogens with zero attached hydrogens (tertiary/aromatic N) is 5. The van der Waals surface area contributed by atoms with E-state index in [0.29, 0.717) is 35.7 Å². The molecule has 3 aliphatic heterocycles. The Balaban J connectivity index is 0.00000163. The van der Waals surface area contributed by atoms with Gasteiger partial charge in [-0.25, -0.2) is 0 Å². The van der Waals surface area contributed by atoms with Crippen molar-refractivity contribution in [3.63, 3.8) is 0 Å². The van der Waals surface area contributed by atoms with Crippen molar-refractivity contribution >= 4 is 53.0 Å². The highest BCUT2D eigenvalue weighted by Gasteiger charge is 2.43. The Labute approximate surface area is 893 Å². The van der Waals surface area contributed by atoms with Crippen LogP contribution in [0.15, 0.2) is 152 Å². The first kappa shape index (κ1) is 138. The minimum Gasteiger partial charge on any atom is -0.481 e. The highest BCUT2D eigenvalue weighted by molar-refractivity contribution is 5.83. The second kappa shape index (κ2) is 61.2. The average molecular weight is 2030 g/mol. The zero-order valence-corrected chi connectivity index (χ0v) is 101. The number of carboxylic acid groups (broad SMARTS) is 2. The zero-order chi connectivity index (χ0) is 113. The third kappa shape index (κ3) is 58.1. The van der Waals surface area contributed by atoms with Gasteiger partial charge in [0.25, 0.3) is 0 Å². The van der Waals surface area contributed by atoms with Crippen molar-refractivity contribution in [3.05, 3.63) is 179 Å². The van der Waals surface area contributed by atoms with Gasteiger partial charge in [-0.05, 0) is 177 Å². The molecule has 19 heteroatoms. The number of nitrogens with one attached hydrogen (secondary N) is 3. The Kier molecular flexibility index (Phi) is 57.7. The van der Waals surface area contributed by atoms with Crippen molar-refractivity contribution in [1.29, 1.82) is 0 Å². The summed E-state index contributed by atoms with van der Waals surface area (Å²) in [5.41, 5.74) is 6.57. The van der Waals surface area contributed by atoms with Crippen molar-refractivity contribution in [2.45, 2.75) is 342 Å². The number of likely N-dealkylation sites (N-methyl/N-ethyl adjacent to an activating group) is 1. The molecule has 5 aromatic carbocycles. The van der Waals surface area contributed by atoms with Crippen LogP contribution in [-0.4, -0.2) is 194 Å². The molecule has 830 valence electrons. The molecule has 3 heterocycles. The standard InChI is InChI=1S/C18H28N2O.C17H26N2O.C15H30N2O.C15H23NO.C14H21NO.C13H18O2.2C12H24O.C11H22O2/c1-18(2,3)16(14-15-8-6-5-7-9-15)17(21)20-12-10-19(4)11-13-20;1-17(2,3)15(13-14-7-5-4-6-8-14)16(20)19-11-9-18-10-12-19;1-14(2,3)11-12(15(4,5)6)13(18)17-9-7-16-8-10-17;1-15(2,3)13(14(17)16(4)5)11-12-9-7-6-8-10-12;1-14(2,3)12(13(16)15-4)10-11-8-6-5-7-9-11;1-13(2,3)11(12(14)15)9-10-7-5-4-6-8-10;2*1-9(13)10(12(5,6)7)8-11(2,3)4;1-10(2,3)7-8(9(12)13)11(4,5)6/h5-9,16H,10-14H2,1-4H3;4-8,15,18H,9-13H2,1-3H3;12,16H,7-11H2,1-6H3;6-10,13H,11H2,1-5H3;5-9,12H,10H2,1-4H3,(H,15,16);4-8,11H,9H2,1-3H3,(H,14,15);2*10H,8H2,1-7H3;8H,7H2,1-6H3,(H,12,13). The largest absolute Gasteiger partial charge is 0.481 e. The van der Waals surface area contributed by atoms with E-state index >= 15 is 0 Å². The fourth-order valence-electron chi connectivity index (χ4n) is 18.1. The summed E-state index contributed by atoms with van der Waals surface area (Å²) in [4.78, 5) is 118. The molecule has 3 fully saturated rings. The van der Waals surface area contributed by atoms with E-state index in [1.807, 2.05) is 156 Å². The lowest BCUT2D eigenvalue weighted by molar-refractivity contribution is -0.147. The monoisotopic (exact) mass is 2030 g/mol. The SMILES string of the molecule is CC(=O)C(CC(C)(C)C)C(C)(C)C.CC(=O)C(CC(C)(C)C)C(C)(C)C.CC(C)(C)C(Cc1ccccc1)C(=O)N1CCNCC1.CC(C)(C)C(Cc1ccccc1)C(=O)O.CC(C)(C)CC(C(=O)N1CCNCC1)C(C)(C)C.CC(C)(C)CC(C(=O)O)C(C)(C)C.CN(C)C(=O)C(Cc1ccccc1)C(C)(C)C.CN1CCN(C(=O)C(Cc2ccccc2)C(C)(C)C)CC1.CNC(=O)C(Cc1ccccc1)C(C)(C)C. The van der Waals surface area contributed by atoms with Gasteiger partial charge in [0.15, 0.2) is 0 Å². The van der Waals surface area contributed by atoms with Crippen LogP contribution in [-0.2, 0) is 75.3 Å². The van der Waals surface area contributed by atoms with Crippen LogP contribution in [0.4, 0.5) is 0 Å². The Morgan fingerprint density at radius 3 is 0.671 bits per heavy atom. The third-order valence-corrected chi connectivity index (χ3v) is 27.5. The molecule has 19 nitrogen and oxygen atoms in total. The fraction of sp³-hybridized carbons (Fsp3) is 0.693. The van der Waals surface area contributed by atoms with Gasteiger partial charge in [-0.2, -0.15) is 0 Å². The van der Waals surface area contributed by atoms with Gasteiger partial charge in [-0.3, -0.25) is 43.2 Å². The van der Waals surface area contributed by atoms with Crippen molar-refractivity contribution in [1.82, 2.24) is 40.4 Å². The van der Waals surface area contributed by atoms with Gasteiger partial charge in [-0.15, -0.1) is 0 Å². The minimum atomic E-state index is -0.716. The van der Waals surface area contributed by atoms with Crippen LogP contribution < -0.4 is 16.0 Å². The maximum atomic E-state index is 13.0. The molecule has 0 saturated carbocycles. The minimum absolute atomic E-state index is 0.0138. The van der Waals surface area contributed by atoms with E-state index in [1.54, 1.807) is 25.8 Å². The van der Waals surface area contributed by atoms with Crippen molar-refractivity contribution in [2.24, 2.45) is 124 Å². The number of carboxylic acids is 2.